The summed E-state index contributed by atoms with van der Waals surface area (Å²) in [7, 11) is 1.66. The number of aromatic nitrogens is 2. The third kappa shape index (κ3) is 1.96. The van der Waals surface area contributed by atoms with Crippen molar-refractivity contribution in [1.29, 1.82) is 0 Å². The van der Waals surface area contributed by atoms with Crippen molar-refractivity contribution in [2.75, 3.05) is 7.11 Å². The number of hydrogen-bond donors (Lipinski definition) is 0. The summed E-state index contributed by atoms with van der Waals surface area (Å²) in [6.07, 6.45) is 3.99. The Morgan fingerprint density at radius 1 is 1.17 bits per heavy atom. The Hall–Kier alpha value is -1.56. The molecule has 0 aliphatic rings. The van der Waals surface area contributed by atoms with Crippen molar-refractivity contribution in [2.45, 2.75) is 0 Å². The van der Waals surface area contributed by atoms with Gasteiger partial charge in [-0.05, 0) is 46.9 Å². The lowest BCUT2D eigenvalue weighted by molar-refractivity contribution is 0.417. The van der Waals surface area contributed by atoms with Crippen LogP contribution >= 0.6 is 22.6 Å². The van der Waals surface area contributed by atoms with Gasteiger partial charge in [0.15, 0.2) is 11.4 Å². The first-order chi connectivity index (χ1) is 8.78. The zero-order chi connectivity index (χ0) is 12.5. The molecule has 0 aliphatic heterocycles. The molecule has 3 rings (SSSR count). The summed E-state index contributed by atoms with van der Waals surface area (Å²) in [4.78, 5) is 4.62. The van der Waals surface area contributed by atoms with Gasteiger partial charge in [0, 0.05) is 21.5 Å². The second-order valence-electron chi connectivity index (χ2n) is 3.94. The number of pyridine rings is 1. The van der Waals surface area contributed by atoms with Gasteiger partial charge >= 0.3 is 0 Å². The van der Waals surface area contributed by atoms with Crippen LogP contribution in [0.15, 0.2) is 48.8 Å². The van der Waals surface area contributed by atoms with Gasteiger partial charge in [0.1, 0.15) is 0 Å². The highest BCUT2D eigenvalue weighted by molar-refractivity contribution is 14.1. The van der Waals surface area contributed by atoms with Crippen LogP contribution in [0, 0.1) is 3.57 Å². The first-order valence-corrected chi connectivity index (χ1v) is 6.63. The molecule has 90 valence electrons. The molecule has 3 nitrogen and oxygen atoms in total. The van der Waals surface area contributed by atoms with Crippen LogP contribution in [0.4, 0.5) is 0 Å². The molecule has 0 saturated heterocycles. The van der Waals surface area contributed by atoms with Crippen molar-refractivity contribution in [3.63, 3.8) is 0 Å². The van der Waals surface area contributed by atoms with E-state index in [1.165, 1.54) is 3.57 Å². The van der Waals surface area contributed by atoms with E-state index in [4.69, 9.17) is 4.74 Å². The molecule has 0 radical (unpaired) electrons. The first-order valence-electron chi connectivity index (χ1n) is 5.55. The van der Waals surface area contributed by atoms with E-state index in [1.807, 2.05) is 28.9 Å². The molecule has 0 atom stereocenters. The number of nitrogens with zero attached hydrogens (tertiary/aromatic N) is 2. The Kier molecular flexibility index (Phi) is 2.95. The third-order valence-corrected chi connectivity index (χ3v) is 3.53. The number of benzene rings is 1. The maximum Gasteiger partial charge on any atom is 0.180 e. The summed E-state index contributed by atoms with van der Waals surface area (Å²) in [6, 6.07) is 12.2. The molecule has 0 spiro atoms. The van der Waals surface area contributed by atoms with E-state index in [9.17, 15) is 0 Å². The molecule has 0 bridgehead atoms. The van der Waals surface area contributed by atoms with E-state index in [0.717, 1.165) is 22.7 Å². The Balaban J connectivity index is 2.16. The Bertz CT molecular complexity index is 689. The van der Waals surface area contributed by atoms with E-state index >= 15 is 0 Å². The standard InChI is InChI=1S/C14H11IN2O/c1-18-13-3-2-8-17-9-12(16-14(13)17)10-4-6-11(15)7-5-10/h2-9H,1H3. The SMILES string of the molecule is COc1cccn2cc(-c3ccc(I)cc3)nc12. The zero-order valence-corrected chi connectivity index (χ0v) is 12.0. The quantitative estimate of drug-likeness (QED) is 0.660. The number of fused-ring (bicyclic) bond motifs is 1. The molecular weight excluding hydrogens is 339 g/mol. The fourth-order valence-electron chi connectivity index (χ4n) is 1.91. The van der Waals surface area contributed by atoms with Crippen molar-refractivity contribution in [1.82, 2.24) is 9.38 Å². The smallest absolute Gasteiger partial charge is 0.180 e. The molecule has 2 aromatic heterocycles. The minimum atomic E-state index is 0.786. The maximum absolute atomic E-state index is 5.31. The topological polar surface area (TPSA) is 26.5 Å². The fourth-order valence-corrected chi connectivity index (χ4v) is 2.27. The summed E-state index contributed by atoms with van der Waals surface area (Å²) in [5.74, 6) is 0.786. The van der Waals surface area contributed by atoms with E-state index in [1.54, 1.807) is 7.11 Å². The molecule has 0 N–H and O–H groups in total. The summed E-state index contributed by atoms with van der Waals surface area (Å²) in [5.41, 5.74) is 2.91. The van der Waals surface area contributed by atoms with E-state index in [-0.39, 0.29) is 0 Å². The summed E-state index contributed by atoms with van der Waals surface area (Å²) in [6.45, 7) is 0. The predicted molar refractivity (Wildman–Crippen MR) is 79.9 cm³/mol. The summed E-state index contributed by atoms with van der Waals surface area (Å²) < 4.78 is 8.51. The molecule has 0 fully saturated rings. The highest BCUT2D eigenvalue weighted by Crippen LogP contribution is 2.24. The van der Waals surface area contributed by atoms with Crippen molar-refractivity contribution in [3.8, 4) is 17.0 Å². The van der Waals surface area contributed by atoms with Gasteiger partial charge in [-0.3, -0.25) is 0 Å². The van der Waals surface area contributed by atoms with Crippen LogP contribution in [0.2, 0.25) is 0 Å². The molecular formula is C14H11IN2O. The lowest BCUT2D eigenvalue weighted by Crippen LogP contribution is -1.88. The molecule has 18 heavy (non-hydrogen) atoms. The predicted octanol–water partition coefficient (Wildman–Crippen LogP) is 3.61. The maximum atomic E-state index is 5.31. The van der Waals surface area contributed by atoms with E-state index in [0.29, 0.717) is 0 Å². The van der Waals surface area contributed by atoms with Crippen LogP contribution in [0.1, 0.15) is 0 Å². The molecule has 0 unspecified atom stereocenters. The van der Waals surface area contributed by atoms with Crippen molar-refractivity contribution in [3.05, 3.63) is 52.4 Å². The van der Waals surface area contributed by atoms with Gasteiger partial charge in [0.05, 0.1) is 12.8 Å². The van der Waals surface area contributed by atoms with Crippen molar-refractivity contribution < 1.29 is 4.74 Å². The minimum absolute atomic E-state index is 0.786. The molecule has 0 amide bonds. The summed E-state index contributed by atoms with van der Waals surface area (Å²) in [5, 5.41) is 0. The number of methoxy groups -OCH3 is 1. The third-order valence-electron chi connectivity index (χ3n) is 2.81. The van der Waals surface area contributed by atoms with Crippen LogP contribution < -0.4 is 4.74 Å². The van der Waals surface area contributed by atoms with Crippen molar-refractivity contribution in [2.24, 2.45) is 0 Å². The number of imidazole rings is 1. The monoisotopic (exact) mass is 350 g/mol. The number of hydrogen-bond acceptors (Lipinski definition) is 2. The normalized spacial score (nSPS) is 10.8. The van der Waals surface area contributed by atoms with Crippen LogP contribution in [0.3, 0.4) is 0 Å². The van der Waals surface area contributed by atoms with E-state index < -0.39 is 0 Å². The van der Waals surface area contributed by atoms with Gasteiger partial charge in [-0.2, -0.15) is 0 Å². The lowest BCUT2D eigenvalue weighted by atomic mass is 10.2. The molecule has 0 saturated carbocycles. The van der Waals surface area contributed by atoms with Gasteiger partial charge < -0.3 is 9.14 Å². The van der Waals surface area contributed by atoms with Crippen molar-refractivity contribution >= 4 is 28.2 Å². The van der Waals surface area contributed by atoms with Gasteiger partial charge in [0.2, 0.25) is 0 Å². The van der Waals surface area contributed by atoms with Gasteiger partial charge in [-0.25, -0.2) is 4.98 Å². The highest BCUT2D eigenvalue weighted by atomic mass is 127. The number of rotatable bonds is 2. The number of ether oxygens (including phenoxy) is 1. The minimum Gasteiger partial charge on any atom is -0.493 e. The Morgan fingerprint density at radius 3 is 2.67 bits per heavy atom. The molecule has 1 aromatic carbocycles. The van der Waals surface area contributed by atoms with Gasteiger partial charge in [0.25, 0.3) is 0 Å². The lowest BCUT2D eigenvalue weighted by Gasteiger charge is -1.99. The largest absolute Gasteiger partial charge is 0.493 e. The average molecular weight is 350 g/mol. The number of halogens is 1. The summed E-state index contributed by atoms with van der Waals surface area (Å²) >= 11 is 2.30. The molecule has 0 aliphatic carbocycles. The van der Waals surface area contributed by atoms with Gasteiger partial charge in [-0.15, -0.1) is 0 Å². The molecule has 2 heterocycles. The highest BCUT2D eigenvalue weighted by Gasteiger charge is 2.07. The second-order valence-corrected chi connectivity index (χ2v) is 5.19. The van der Waals surface area contributed by atoms with Crippen LogP contribution in [-0.4, -0.2) is 16.5 Å². The van der Waals surface area contributed by atoms with E-state index in [2.05, 4.69) is 51.8 Å². The molecule has 3 aromatic rings. The zero-order valence-electron chi connectivity index (χ0n) is 9.80. The van der Waals surface area contributed by atoms with Gasteiger partial charge in [-0.1, -0.05) is 12.1 Å². The van der Waals surface area contributed by atoms with Crippen LogP contribution in [0.5, 0.6) is 5.75 Å². The fraction of sp³-hybridized carbons (Fsp3) is 0.0714. The Labute approximate surface area is 119 Å². The molecule has 4 heteroatoms. The van der Waals surface area contributed by atoms with Crippen LogP contribution in [-0.2, 0) is 0 Å². The van der Waals surface area contributed by atoms with Crippen LogP contribution in [0.25, 0.3) is 16.9 Å². The first kappa shape index (κ1) is 11.5. The average Bonchev–Trinajstić information content (AvgIpc) is 2.83. The Morgan fingerprint density at radius 2 is 1.94 bits per heavy atom. The second kappa shape index (κ2) is 4.61.